The van der Waals surface area contributed by atoms with Crippen LogP contribution in [0.4, 0.5) is 0 Å². The standard InChI is InChI=1S/C19H20Cl3N2O3.ClH/c1-19(2,3)24(22,18(26)13-8-10-15(20)11-9-13)23(21)17(25)14-6-5-7-16(12-14)27-4;/h5-12H,1-4H3;1H/q+1;. The molecule has 0 N–H and O–H groups in total. The van der Waals surface area contributed by atoms with Crippen molar-refractivity contribution in [1.29, 1.82) is 0 Å². The number of hydrogen-bond donors (Lipinski definition) is 0. The molecule has 0 saturated heterocycles. The number of nitrogens with zero attached hydrogens (tertiary/aromatic N) is 2. The summed E-state index contributed by atoms with van der Waals surface area (Å²) < 4.78 is 4.84. The summed E-state index contributed by atoms with van der Waals surface area (Å²) in [5.41, 5.74) is -0.428. The van der Waals surface area contributed by atoms with Gasteiger partial charge in [0.25, 0.3) is 0 Å². The summed E-state index contributed by atoms with van der Waals surface area (Å²) in [4.78, 5) is 26.2. The van der Waals surface area contributed by atoms with Gasteiger partial charge in [-0.1, -0.05) is 22.2 Å². The smallest absolute Gasteiger partial charge is 0.390 e. The second-order valence-corrected chi connectivity index (χ2v) is 8.08. The van der Waals surface area contributed by atoms with E-state index in [0.29, 0.717) is 15.3 Å². The zero-order valence-electron chi connectivity index (χ0n) is 15.8. The normalized spacial score (nSPS) is 13.1. The molecular weight excluding hydrogens is 446 g/mol. The fraction of sp³-hybridized carbons (Fsp3) is 0.263. The van der Waals surface area contributed by atoms with Crippen molar-refractivity contribution in [3.63, 3.8) is 0 Å². The van der Waals surface area contributed by atoms with E-state index in [1.54, 1.807) is 51.1 Å². The summed E-state index contributed by atoms with van der Waals surface area (Å²) in [7, 11) is 1.49. The SMILES string of the molecule is COc1cccc(C(=O)N(Cl)[N+](Cl)(C(=O)c2ccc(Cl)cc2)C(C)(C)C)c1.Cl. The van der Waals surface area contributed by atoms with Gasteiger partial charge in [0.2, 0.25) is 11.8 Å². The minimum Gasteiger partial charge on any atom is -0.497 e. The van der Waals surface area contributed by atoms with E-state index in [2.05, 4.69) is 0 Å². The van der Waals surface area contributed by atoms with E-state index in [4.69, 9.17) is 39.9 Å². The molecule has 5 nitrogen and oxygen atoms in total. The highest BCUT2D eigenvalue weighted by molar-refractivity contribution is 6.30. The molecule has 2 aromatic carbocycles. The number of carbonyl (C=O) groups is 2. The van der Waals surface area contributed by atoms with Crippen molar-refractivity contribution in [2.24, 2.45) is 0 Å². The lowest BCUT2D eigenvalue weighted by molar-refractivity contribution is -0.871. The number of quaternary nitrogens is 1. The molecule has 152 valence electrons. The van der Waals surface area contributed by atoms with Crippen LogP contribution in [0.1, 0.15) is 41.5 Å². The lowest BCUT2D eigenvalue weighted by Crippen LogP contribution is -2.64. The molecule has 0 bridgehead atoms. The predicted molar refractivity (Wildman–Crippen MR) is 114 cm³/mol. The molecule has 0 aliphatic carbocycles. The molecule has 0 fully saturated rings. The largest absolute Gasteiger partial charge is 0.497 e. The summed E-state index contributed by atoms with van der Waals surface area (Å²) in [5.74, 6) is -0.715. The summed E-state index contributed by atoms with van der Waals surface area (Å²) >= 11 is 19.0. The number of halogens is 4. The molecule has 0 aliphatic heterocycles. The van der Waals surface area contributed by atoms with Crippen LogP contribution in [0.15, 0.2) is 48.5 Å². The van der Waals surface area contributed by atoms with Gasteiger partial charge in [0.15, 0.2) is 0 Å². The lowest BCUT2D eigenvalue weighted by Gasteiger charge is -2.40. The quantitative estimate of drug-likeness (QED) is 0.418. The predicted octanol–water partition coefficient (Wildman–Crippen LogP) is 5.89. The van der Waals surface area contributed by atoms with E-state index in [9.17, 15) is 9.59 Å². The number of rotatable bonds is 3. The first-order valence-corrected chi connectivity index (χ1v) is 9.12. The molecule has 0 aromatic heterocycles. The zero-order chi connectivity index (χ0) is 20.4. The van der Waals surface area contributed by atoms with Gasteiger partial charge in [0.05, 0.1) is 24.4 Å². The fourth-order valence-electron chi connectivity index (χ4n) is 2.40. The highest BCUT2D eigenvalue weighted by atomic mass is 35.5. The van der Waals surface area contributed by atoms with Gasteiger partial charge in [-0.05, 0) is 67.3 Å². The van der Waals surface area contributed by atoms with Crippen molar-refractivity contribution in [2.75, 3.05) is 7.11 Å². The van der Waals surface area contributed by atoms with E-state index < -0.39 is 21.5 Å². The molecule has 0 spiro atoms. The van der Waals surface area contributed by atoms with Crippen LogP contribution >= 0.6 is 47.6 Å². The summed E-state index contributed by atoms with van der Waals surface area (Å²) in [6.45, 7) is 5.13. The Labute approximate surface area is 185 Å². The summed E-state index contributed by atoms with van der Waals surface area (Å²) in [6.07, 6.45) is 0. The van der Waals surface area contributed by atoms with Gasteiger partial charge in [-0.2, -0.15) is 0 Å². The third-order valence-electron chi connectivity index (χ3n) is 3.98. The van der Waals surface area contributed by atoms with Gasteiger partial charge >= 0.3 is 11.8 Å². The van der Waals surface area contributed by atoms with Crippen molar-refractivity contribution >= 4 is 59.4 Å². The Kier molecular flexibility index (Phi) is 8.18. The minimum atomic E-state index is -0.994. The molecule has 1 atom stereocenters. The average Bonchev–Trinajstić information content (AvgIpc) is 2.65. The Balaban J connectivity index is 0.00000392. The first kappa shape index (κ1) is 24.5. The summed E-state index contributed by atoms with van der Waals surface area (Å²) in [6, 6.07) is 12.6. The van der Waals surface area contributed by atoms with Crippen molar-refractivity contribution in [3.05, 3.63) is 64.7 Å². The van der Waals surface area contributed by atoms with Gasteiger partial charge in [-0.15, -0.1) is 12.4 Å². The first-order valence-electron chi connectivity index (χ1n) is 8.06. The van der Waals surface area contributed by atoms with Gasteiger partial charge in [-0.25, -0.2) is 4.79 Å². The van der Waals surface area contributed by atoms with Crippen LogP contribution in [0, 0.1) is 0 Å². The third-order valence-corrected chi connectivity index (χ3v) is 5.50. The van der Waals surface area contributed by atoms with Crippen LogP contribution < -0.4 is 4.74 Å². The Bertz CT molecular complexity index is 853. The average molecular weight is 467 g/mol. The zero-order valence-corrected chi connectivity index (χ0v) is 18.9. The number of amides is 2. The van der Waals surface area contributed by atoms with E-state index in [0.717, 1.165) is 0 Å². The molecule has 2 aromatic rings. The van der Waals surface area contributed by atoms with Crippen molar-refractivity contribution in [2.45, 2.75) is 26.3 Å². The van der Waals surface area contributed by atoms with Crippen LogP contribution in [-0.2, 0) is 0 Å². The van der Waals surface area contributed by atoms with E-state index in [1.807, 2.05) is 0 Å². The van der Waals surface area contributed by atoms with Crippen molar-refractivity contribution in [1.82, 2.24) is 4.53 Å². The molecule has 0 radical (unpaired) electrons. The molecule has 1 unspecified atom stereocenters. The molecule has 0 saturated carbocycles. The van der Waals surface area contributed by atoms with Crippen molar-refractivity contribution < 1.29 is 18.4 Å². The van der Waals surface area contributed by atoms with Crippen LogP contribution in [-0.4, -0.2) is 33.1 Å². The molecule has 28 heavy (non-hydrogen) atoms. The molecular formula is C19H21Cl4N2O3+. The molecule has 0 heterocycles. The molecule has 2 rings (SSSR count). The second-order valence-electron chi connectivity index (χ2n) is 6.84. The van der Waals surface area contributed by atoms with E-state index >= 15 is 0 Å². The Hall–Kier alpha value is -1.50. The van der Waals surface area contributed by atoms with Gasteiger partial charge in [0, 0.05) is 10.6 Å². The molecule has 0 aliphatic rings. The molecule has 9 heteroatoms. The number of methoxy groups -OCH3 is 1. The fourth-order valence-corrected chi connectivity index (χ4v) is 3.08. The third kappa shape index (κ3) is 4.73. The first-order chi connectivity index (χ1) is 12.5. The van der Waals surface area contributed by atoms with E-state index in [1.165, 1.54) is 25.3 Å². The maximum atomic E-state index is 13.2. The second kappa shape index (κ2) is 9.33. The lowest BCUT2D eigenvalue weighted by atomic mass is 10.1. The Morgan fingerprint density at radius 2 is 1.61 bits per heavy atom. The summed E-state index contributed by atoms with van der Waals surface area (Å²) in [5, 5.41) is 0.477. The van der Waals surface area contributed by atoms with Crippen LogP contribution in [0.5, 0.6) is 5.75 Å². The van der Waals surface area contributed by atoms with Gasteiger partial charge in [-0.3, -0.25) is 4.79 Å². The van der Waals surface area contributed by atoms with Crippen LogP contribution in [0.25, 0.3) is 0 Å². The molecule has 2 amide bonds. The van der Waals surface area contributed by atoms with Gasteiger partial charge < -0.3 is 4.74 Å². The number of benzene rings is 2. The maximum absolute atomic E-state index is 13.2. The topological polar surface area (TPSA) is 46.6 Å². The Morgan fingerprint density at radius 1 is 1.04 bits per heavy atom. The highest BCUT2D eigenvalue weighted by Gasteiger charge is 2.56. The highest BCUT2D eigenvalue weighted by Crippen LogP contribution is 2.37. The van der Waals surface area contributed by atoms with E-state index in [-0.39, 0.29) is 23.5 Å². The van der Waals surface area contributed by atoms with Crippen molar-refractivity contribution in [3.8, 4) is 5.75 Å². The van der Waals surface area contributed by atoms with Crippen LogP contribution in [0.3, 0.4) is 0 Å². The van der Waals surface area contributed by atoms with Gasteiger partial charge in [0.1, 0.15) is 11.3 Å². The number of hydrogen-bond acceptors (Lipinski definition) is 3. The number of ether oxygens (including phenoxy) is 1. The van der Waals surface area contributed by atoms with Crippen LogP contribution in [0.2, 0.25) is 5.02 Å². The maximum Gasteiger partial charge on any atom is 0.390 e. The Morgan fingerprint density at radius 3 is 2.11 bits per heavy atom. The minimum absolute atomic E-state index is 0. The monoisotopic (exact) mass is 465 g/mol. The number of carbonyl (C=O) groups excluding carboxylic acids is 2.